The number of carbonyl (C=O) groups is 2. The van der Waals surface area contributed by atoms with E-state index in [2.05, 4.69) is 5.32 Å². The van der Waals surface area contributed by atoms with Crippen LogP contribution in [0.5, 0.6) is 5.75 Å². The maximum atomic E-state index is 13.3. The second-order valence-electron chi connectivity index (χ2n) is 8.70. The minimum absolute atomic E-state index is 0.00138. The molecule has 0 aliphatic carbocycles. The minimum atomic E-state index is -0.0617. The molecule has 1 fully saturated rings. The van der Waals surface area contributed by atoms with Gasteiger partial charge < -0.3 is 15.0 Å². The van der Waals surface area contributed by atoms with Crippen molar-refractivity contribution in [3.63, 3.8) is 0 Å². The molecule has 2 heterocycles. The summed E-state index contributed by atoms with van der Waals surface area (Å²) >= 11 is 0. The topological polar surface area (TPSA) is 61.9 Å². The van der Waals surface area contributed by atoms with E-state index in [4.69, 9.17) is 4.74 Å². The van der Waals surface area contributed by atoms with Crippen LogP contribution in [0.15, 0.2) is 48.5 Å². The van der Waals surface area contributed by atoms with Gasteiger partial charge in [0.15, 0.2) is 0 Å². The Hall–Kier alpha value is -3.02. The highest BCUT2D eigenvalue weighted by molar-refractivity contribution is 5.94. The third-order valence-electron chi connectivity index (χ3n) is 6.20. The number of urea groups is 1. The summed E-state index contributed by atoms with van der Waals surface area (Å²) in [4.78, 5) is 29.8. The van der Waals surface area contributed by atoms with Crippen molar-refractivity contribution in [1.82, 2.24) is 10.2 Å². The van der Waals surface area contributed by atoms with Gasteiger partial charge in [0.2, 0.25) is 5.91 Å². The molecular weight excluding hydrogens is 390 g/mol. The van der Waals surface area contributed by atoms with E-state index in [0.29, 0.717) is 32.5 Å². The zero-order valence-corrected chi connectivity index (χ0v) is 18.5. The Kier molecular flexibility index (Phi) is 6.16. The van der Waals surface area contributed by atoms with Crippen LogP contribution in [-0.2, 0) is 4.79 Å². The van der Waals surface area contributed by atoms with Crippen LogP contribution >= 0.6 is 0 Å². The molecule has 1 saturated heterocycles. The smallest absolute Gasteiger partial charge is 0.324 e. The first-order valence-electron chi connectivity index (χ1n) is 11.1. The van der Waals surface area contributed by atoms with Crippen molar-refractivity contribution < 1.29 is 14.3 Å². The third kappa shape index (κ3) is 4.68. The Morgan fingerprint density at radius 3 is 2.52 bits per heavy atom. The highest BCUT2D eigenvalue weighted by atomic mass is 16.5. The van der Waals surface area contributed by atoms with Gasteiger partial charge in [-0.1, -0.05) is 36.4 Å². The average molecular weight is 422 g/mol. The second-order valence-corrected chi connectivity index (χ2v) is 8.70. The number of hydrogen-bond acceptors (Lipinski definition) is 3. The van der Waals surface area contributed by atoms with Crippen molar-refractivity contribution in [2.75, 3.05) is 24.5 Å². The van der Waals surface area contributed by atoms with Crippen molar-refractivity contribution in [1.29, 1.82) is 0 Å². The molecule has 0 aromatic heterocycles. The molecular formula is C25H31N3O3. The largest absolute Gasteiger partial charge is 0.487 e. The number of nitrogens with one attached hydrogen (secondary N) is 1. The number of ether oxygens (including phenoxy) is 1. The molecule has 164 valence electrons. The Balaban J connectivity index is 1.36. The van der Waals surface area contributed by atoms with Crippen LogP contribution in [0.2, 0.25) is 0 Å². The van der Waals surface area contributed by atoms with E-state index in [9.17, 15) is 9.59 Å². The first-order valence-corrected chi connectivity index (χ1v) is 11.1. The van der Waals surface area contributed by atoms with E-state index in [0.717, 1.165) is 22.6 Å². The summed E-state index contributed by atoms with van der Waals surface area (Å²) in [6.07, 6.45) is 1.31. The molecule has 2 aromatic rings. The molecule has 31 heavy (non-hydrogen) atoms. The molecule has 3 amide bonds. The van der Waals surface area contributed by atoms with Gasteiger partial charge in [-0.15, -0.1) is 0 Å². The molecule has 0 spiro atoms. The first-order chi connectivity index (χ1) is 14.9. The number of benzene rings is 2. The fourth-order valence-corrected chi connectivity index (χ4v) is 4.39. The Bertz CT molecular complexity index is 938. The quantitative estimate of drug-likeness (QED) is 0.804. The van der Waals surface area contributed by atoms with Crippen molar-refractivity contribution in [2.24, 2.45) is 5.92 Å². The van der Waals surface area contributed by atoms with Crippen LogP contribution in [0.3, 0.4) is 0 Å². The Morgan fingerprint density at radius 1 is 1.10 bits per heavy atom. The van der Waals surface area contributed by atoms with Gasteiger partial charge in [-0.3, -0.25) is 9.69 Å². The molecule has 2 atom stereocenters. The number of amides is 3. The summed E-state index contributed by atoms with van der Waals surface area (Å²) in [7, 11) is 0. The van der Waals surface area contributed by atoms with Crippen LogP contribution < -0.4 is 15.0 Å². The summed E-state index contributed by atoms with van der Waals surface area (Å²) in [6.45, 7) is 7.71. The predicted octanol–water partition coefficient (Wildman–Crippen LogP) is 4.29. The Labute approximate surface area is 184 Å². The number of nitrogens with zero attached hydrogens (tertiary/aromatic N) is 2. The molecule has 6 heteroatoms. The van der Waals surface area contributed by atoms with E-state index in [1.54, 1.807) is 0 Å². The first kappa shape index (κ1) is 21.2. The molecule has 4 rings (SSSR count). The van der Waals surface area contributed by atoms with Gasteiger partial charge in [-0.25, -0.2) is 4.79 Å². The predicted molar refractivity (Wildman–Crippen MR) is 121 cm³/mol. The summed E-state index contributed by atoms with van der Waals surface area (Å²) in [5.74, 6) is 0.764. The molecule has 0 radical (unpaired) electrons. The minimum Gasteiger partial charge on any atom is -0.487 e. The van der Waals surface area contributed by atoms with Crippen LogP contribution in [-0.4, -0.2) is 42.6 Å². The van der Waals surface area contributed by atoms with Crippen molar-refractivity contribution in [2.45, 2.75) is 45.8 Å². The molecule has 0 bridgehead atoms. The van der Waals surface area contributed by atoms with E-state index in [1.165, 1.54) is 0 Å². The fourth-order valence-electron chi connectivity index (χ4n) is 4.39. The molecule has 2 aromatic carbocycles. The molecule has 0 saturated carbocycles. The molecule has 6 nitrogen and oxygen atoms in total. The lowest BCUT2D eigenvalue weighted by Crippen LogP contribution is -2.52. The van der Waals surface area contributed by atoms with E-state index in [1.807, 2.05) is 79.1 Å². The van der Waals surface area contributed by atoms with Crippen molar-refractivity contribution in [3.8, 4) is 5.75 Å². The lowest BCUT2D eigenvalue weighted by atomic mass is 9.95. The van der Waals surface area contributed by atoms with E-state index >= 15 is 0 Å². The molecule has 2 unspecified atom stereocenters. The van der Waals surface area contributed by atoms with Gasteiger partial charge in [0.25, 0.3) is 0 Å². The molecule has 1 N–H and O–H groups in total. The van der Waals surface area contributed by atoms with Gasteiger partial charge in [0.05, 0.1) is 18.3 Å². The van der Waals surface area contributed by atoms with Crippen LogP contribution in [0.25, 0.3) is 0 Å². The fraction of sp³-hybridized carbons (Fsp3) is 0.440. The summed E-state index contributed by atoms with van der Waals surface area (Å²) < 4.78 is 5.91. The highest BCUT2D eigenvalue weighted by Crippen LogP contribution is 2.35. The van der Waals surface area contributed by atoms with Gasteiger partial charge >= 0.3 is 6.03 Å². The standard InChI is InChI=1S/C25H31N3O3/c1-17-9-10-23-22(15-17)28(16-18(2)31-23)25(30)27-13-11-21(12-14-27)24(29)26-19(3)20-7-5-4-6-8-20/h4-10,15,18-19,21H,11-14,16H2,1-3H3,(H,26,29). The zero-order chi connectivity index (χ0) is 22.0. The lowest BCUT2D eigenvalue weighted by molar-refractivity contribution is -0.126. The summed E-state index contributed by atoms with van der Waals surface area (Å²) in [6, 6.07) is 15.9. The van der Waals surface area contributed by atoms with Crippen molar-refractivity contribution in [3.05, 3.63) is 59.7 Å². The number of anilines is 1. The van der Waals surface area contributed by atoms with Gasteiger partial charge in [-0.2, -0.15) is 0 Å². The van der Waals surface area contributed by atoms with Crippen LogP contribution in [0.1, 0.15) is 43.9 Å². The number of rotatable bonds is 3. The van der Waals surface area contributed by atoms with Gasteiger partial charge in [-0.05, 0) is 56.9 Å². The maximum absolute atomic E-state index is 13.3. The number of piperidine rings is 1. The van der Waals surface area contributed by atoms with Gasteiger partial charge in [0.1, 0.15) is 11.9 Å². The third-order valence-corrected chi connectivity index (χ3v) is 6.20. The Morgan fingerprint density at radius 2 is 1.81 bits per heavy atom. The number of aryl methyl sites for hydroxylation is 1. The molecule has 2 aliphatic rings. The second kappa shape index (κ2) is 9.00. The summed E-state index contributed by atoms with van der Waals surface area (Å²) in [5.41, 5.74) is 3.02. The van der Waals surface area contributed by atoms with E-state index < -0.39 is 0 Å². The average Bonchev–Trinajstić information content (AvgIpc) is 2.79. The normalized spacial score (nSPS) is 19.9. The summed E-state index contributed by atoms with van der Waals surface area (Å²) in [5, 5.41) is 3.13. The van der Waals surface area contributed by atoms with Crippen LogP contribution in [0, 0.1) is 12.8 Å². The van der Waals surface area contributed by atoms with Crippen molar-refractivity contribution >= 4 is 17.6 Å². The lowest BCUT2D eigenvalue weighted by Gasteiger charge is -2.39. The monoisotopic (exact) mass is 421 g/mol. The number of likely N-dealkylation sites (tertiary alicyclic amines) is 1. The highest BCUT2D eigenvalue weighted by Gasteiger charge is 2.34. The SMILES string of the molecule is Cc1ccc2c(c1)N(C(=O)N1CCC(C(=O)NC(C)c3ccccc3)CC1)CC(C)O2. The maximum Gasteiger partial charge on any atom is 0.324 e. The van der Waals surface area contributed by atoms with E-state index in [-0.39, 0.29) is 30.0 Å². The number of carbonyl (C=O) groups excluding carboxylic acids is 2. The number of hydrogen-bond donors (Lipinski definition) is 1. The zero-order valence-electron chi connectivity index (χ0n) is 18.5. The van der Waals surface area contributed by atoms with Crippen LogP contribution in [0.4, 0.5) is 10.5 Å². The number of fused-ring (bicyclic) bond motifs is 1. The molecule has 2 aliphatic heterocycles. The van der Waals surface area contributed by atoms with Gasteiger partial charge in [0, 0.05) is 19.0 Å².